The monoisotopic (exact) mass is 405 g/mol. The number of hydrogen-bond donors (Lipinski definition) is 2. The smallest absolute Gasteiger partial charge is 0.270 e. The highest BCUT2D eigenvalue weighted by atomic mass is 16.2. The van der Waals surface area contributed by atoms with Gasteiger partial charge in [-0.25, -0.2) is 4.98 Å². The van der Waals surface area contributed by atoms with Gasteiger partial charge in [-0.1, -0.05) is 37.3 Å². The Hall–Kier alpha value is -3.22. The molecule has 1 aliphatic carbocycles. The third kappa shape index (κ3) is 4.20. The Kier molecular flexibility index (Phi) is 5.53. The molecule has 1 aliphatic rings. The first-order valence-electron chi connectivity index (χ1n) is 10.4. The molecule has 0 radical (unpaired) electrons. The molecular weight excluding hydrogens is 378 g/mol. The predicted molar refractivity (Wildman–Crippen MR) is 115 cm³/mol. The molecule has 1 amide bonds. The maximum absolute atomic E-state index is 13.2. The number of H-pyrrole nitrogens is 1. The van der Waals surface area contributed by atoms with Crippen LogP contribution in [-0.4, -0.2) is 25.7 Å². The molecule has 1 aromatic carbocycles. The summed E-state index contributed by atoms with van der Waals surface area (Å²) in [5.74, 6) is 0.931. The van der Waals surface area contributed by atoms with Crippen LogP contribution >= 0.6 is 0 Å². The van der Waals surface area contributed by atoms with Crippen molar-refractivity contribution in [1.29, 1.82) is 0 Å². The van der Waals surface area contributed by atoms with Crippen LogP contribution in [0, 0.1) is 6.92 Å². The van der Waals surface area contributed by atoms with Crippen molar-refractivity contribution in [3.8, 4) is 0 Å². The number of aromatic nitrogens is 4. The largest absolute Gasteiger partial charge is 0.344 e. The second-order valence-corrected chi connectivity index (χ2v) is 7.93. The van der Waals surface area contributed by atoms with Crippen molar-refractivity contribution < 1.29 is 4.79 Å². The molecule has 156 valence electrons. The molecule has 7 nitrogen and oxygen atoms in total. The molecule has 4 rings (SSSR count). The van der Waals surface area contributed by atoms with Gasteiger partial charge in [-0.15, -0.1) is 0 Å². The predicted octanol–water partition coefficient (Wildman–Crippen LogP) is 2.97. The number of nitrogens with one attached hydrogen (secondary N) is 2. The maximum atomic E-state index is 13.2. The molecule has 2 heterocycles. The van der Waals surface area contributed by atoms with E-state index in [9.17, 15) is 9.59 Å². The van der Waals surface area contributed by atoms with Gasteiger partial charge in [-0.2, -0.15) is 5.10 Å². The molecule has 2 N–H and O–H groups in total. The molecule has 0 spiro atoms. The lowest BCUT2D eigenvalue weighted by atomic mass is 10.0. The van der Waals surface area contributed by atoms with E-state index < -0.39 is 0 Å². The zero-order valence-electron chi connectivity index (χ0n) is 17.6. The van der Waals surface area contributed by atoms with Crippen molar-refractivity contribution in [2.75, 3.05) is 0 Å². The quantitative estimate of drug-likeness (QED) is 0.632. The lowest BCUT2D eigenvalue weighted by Crippen LogP contribution is -2.32. The maximum Gasteiger partial charge on any atom is 0.270 e. The van der Waals surface area contributed by atoms with Crippen molar-refractivity contribution in [3.05, 3.63) is 80.8 Å². The summed E-state index contributed by atoms with van der Waals surface area (Å²) in [6.07, 6.45) is 3.34. The van der Waals surface area contributed by atoms with Gasteiger partial charge in [0.25, 0.3) is 11.5 Å². The number of amides is 1. The first-order chi connectivity index (χ1) is 14.5. The second-order valence-electron chi connectivity index (χ2n) is 7.93. The summed E-state index contributed by atoms with van der Waals surface area (Å²) < 4.78 is 1.64. The molecule has 30 heavy (non-hydrogen) atoms. The third-order valence-electron chi connectivity index (χ3n) is 5.63. The highest BCUT2D eigenvalue weighted by Crippen LogP contribution is 2.37. The van der Waals surface area contributed by atoms with Crippen LogP contribution in [0.25, 0.3) is 0 Å². The Bertz CT molecular complexity index is 1110. The highest BCUT2D eigenvalue weighted by Gasteiger charge is 2.27. The Morgan fingerprint density at radius 1 is 1.30 bits per heavy atom. The van der Waals surface area contributed by atoms with Gasteiger partial charge in [-0.05, 0) is 31.7 Å². The molecular formula is C23H27N5O2. The fourth-order valence-corrected chi connectivity index (χ4v) is 3.90. The summed E-state index contributed by atoms with van der Waals surface area (Å²) in [5.41, 5.74) is 3.89. The van der Waals surface area contributed by atoms with E-state index in [1.807, 2.05) is 44.2 Å². The fraction of sp³-hybridized carbons (Fsp3) is 0.391. The summed E-state index contributed by atoms with van der Waals surface area (Å²) in [5, 5.41) is 7.61. The molecule has 0 aliphatic heterocycles. The Morgan fingerprint density at radius 3 is 2.67 bits per heavy atom. The van der Waals surface area contributed by atoms with Crippen LogP contribution in [-0.2, 0) is 19.9 Å². The number of nitrogens with zero attached hydrogens (tertiary/aromatic N) is 3. The van der Waals surface area contributed by atoms with E-state index in [0.29, 0.717) is 23.7 Å². The summed E-state index contributed by atoms with van der Waals surface area (Å²) >= 11 is 0. The van der Waals surface area contributed by atoms with Gasteiger partial charge in [0.05, 0.1) is 17.4 Å². The molecule has 2 aromatic heterocycles. The van der Waals surface area contributed by atoms with E-state index in [4.69, 9.17) is 0 Å². The minimum Gasteiger partial charge on any atom is -0.344 e. The number of carbonyl (C=O) groups is 1. The van der Waals surface area contributed by atoms with Crippen molar-refractivity contribution in [1.82, 2.24) is 25.1 Å². The van der Waals surface area contributed by atoms with Crippen LogP contribution in [0.5, 0.6) is 0 Å². The summed E-state index contributed by atoms with van der Waals surface area (Å²) in [6, 6.07) is 11.0. The normalized spacial score (nSPS) is 14.5. The van der Waals surface area contributed by atoms with Crippen molar-refractivity contribution in [2.45, 2.75) is 51.5 Å². The summed E-state index contributed by atoms with van der Waals surface area (Å²) in [6.45, 7) is 3.96. The number of hydrogen-bond acceptors (Lipinski definition) is 4. The van der Waals surface area contributed by atoms with E-state index >= 15 is 0 Å². The fourth-order valence-electron chi connectivity index (χ4n) is 3.90. The first-order valence-corrected chi connectivity index (χ1v) is 10.4. The number of aromatic amines is 1. The molecule has 7 heteroatoms. The lowest BCUT2D eigenvalue weighted by molar-refractivity contribution is 0.0926. The van der Waals surface area contributed by atoms with Crippen molar-refractivity contribution in [2.24, 2.45) is 7.05 Å². The molecule has 0 bridgehead atoms. The van der Waals surface area contributed by atoms with Crippen LogP contribution in [0.3, 0.4) is 0 Å². The molecule has 1 atom stereocenters. The third-order valence-corrected chi connectivity index (χ3v) is 5.63. The van der Waals surface area contributed by atoms with E-state index in [0.717, 1.165) is 41.9 Å². The molecule has 1 fully saturated rings. The highest BCUT2D eigenvalue weighted by molar-refractivity contribution is 5.94. The first kappa shape index (κ1) is 20.1. The second kappa shape index (κ2) is 8.26. The van der Waals surface area contributed by atoms with Crippen LogP contribution < -0.4 is 10.9 Å². The minimum absolute atomic E-state index is 0.143. The average Bonchev–Trinajstić information content (AvgIpc) is 3.53. The van der Waals surface area contributed by atoms with Gasteiger partial charge in [0.1, 0.15) is 11.5 Å². The van der Waals surface area contributed by atoms with Crippen molar-refractivity contribution >= 4 is 5.91 Å². The van der Waals surface area contributed by atoms with Gasteiger partial charge in [0.15, 0.2) is 0 Å². The van der Waals surface area contributed by atoms with Gasteiger partial charge < -0.3 is 10.3 Å². The molecule has 0 saturated heterocycles. The van der Waals surface area contributed by atoms with Crippen molar-refractivity contribution in [3.63, 3.8) is 0 Å². The zero-order chi connectivity index (χ0) is 21.3. The average molecular weight is 406 g/mol. The minimum atomic E-state index is -0.306. The van der Waals surface area contributed by atoms with Crippen LogP contribution in [0.2, 0.25) is 0 Å². The number of rotatable bonds is 7. The number of carbonyl (C=O) groups excluding carboxylic acids is 1. The van der Waals surface area contributed by atoms with E-state index in [1.165, 1.54) is 6.07 Å². The van der Waals surface area contributed by atoms with Crippen LogP contribution in [0.15, 0.2) is 41.2 Å². The van der Waals surface area contributed by atoms with E-state index in [1.54, 1.807) is 11.7 Å². The molecule has 0 unspecified atom stereocenters. The van der Waals surface area contributed by atoms with Gasteiger partial charge in [-0.3, -0.25) is 14.3 Å². The Morgan fingerprint density at radius 2 is 2.03 bits per heavy atom. The lowest BCUT2D eigenvalue weighted by Gasteiger charge is -2.19. The summed E-state index contributed by atoms with van der Waals surface area (Å²) in [4.78, 5) is 32.8. The Balaban J connectivity index is 1.64. The summed E-state index contributed by atoms with van der Waals surface area (Å²) in [7, 11) is 1.79. The SMILES string of the molecule is CCc1nn(C)c(C(=O)N[C@@H](Cc2cc(=O)[nH]c(C3CC3)n2)c2ccccc2)c1C. The topological polar surface area (TPSA) is 92.7 Å². The van der Waals surface area contributed by atoms with Gasteiger partial charge >= 0.3 is 0 Å². The van der Waals surface area contributed by atoms with Gasteiger partial charge in [0.2, 0.25) is 0 Å². The van der Waals surface area contributed by atoms with E-state index in [2.05, 4.69) is 20.4 Å². The van der Waals surface area contributed by atoms with E-state index in [-0.39, 0.29) is 17.5 Å². The number of benzene rings is 1. The standard InChI is InChI=1S/C23H27N5O2/c1-4-18-14(2)21(28(3)27-18)23(30)25-19(15-8-6-5-7-9-15)12-17-13-20(29)26-22(24-17)16-10-11-16/h5-9,13,16,19H,4,10-12H2,1-3H3,(H,25,30)(H,24,26,29)/t19-/m0/s1. The van der Waals surface area contributed by atoms with Crippen LogP contribution in [0.4, 0.5) is 0 Å². The molecule has 3 aromatic rings. The van der Waals surface area contributed by atoms with Crippen LogP contribution in [0.1, 0.15) is 70.6 Å². The molecule has 1 saturated carbocycles. The Labute approximate surface area is 175 Å². The number of aryl methyl sites for hydroxylation is 2. The zero-order valence-corrected chi connectivity index (χ0v) is 17.6. The van der Waals surface area contributed by atoms with Gasteiger partial charge in [0, 0.05) is 31.0 Å².